The molecule has 5 nitrogen and oxygen atoms in total. The third-order valence-corrected chi connectivity index (χ3v) is 6.95. The predicted octanol–water partition coefficient (Wildman–Crippen LogP) is 6.06. The summed E-state index contributed by atoms with van der Waals surface area (Å²) in [6.07, 6.45) is 1.47. The number of anilines is 1. The van der Waals surface area contributed by atoms with Gasteiger partial charge in [-0.15, -0.1) is 11.3 Å². The van der Waals surface area contributed by atoms with Crippen LogP contribution >= 0.6 is 11.3 Å². The summed E-state index contributed by atoms with van der Waals surface area (Å²) in [5, 5.41) is 5.48. The average Bonchev–Trinajstić information content (AvgIpc) is 3.22. The zero-order valence-electron chi connectivity index (χ0n) is 19.0. The van der Waals surface area contributed by atoms with Gasteiger partial charge in [-0.3, -0.25) is 14.2 Å². The number of hydrogen-bond acceptors (Lipinski definition) is 4. The number of thiophene rings is 1. The summed E-state index contributed by atoms with van der Waals surface area (Å²) >= 11 is 1.44. The minimum Gasteiger partial charge on any atom is -0.324 e. The summed E-state index contributed by atoms with van der Waals surface area (Å²) in [5.74, 6) is 0.193. The molecule has 0 bridgehead atoms. The second-order valence-electron chi connectivity index (χ2n) is 8.48. The number of carbonyl (C=O) groups is 1. The van der Waals surface area contributed by atoms with Gasteiger partial charge in [0, 0.05) is 16.6 Å². The summed E-state index contributed by atoms with van der Waals surface area (Å²) < 4.78 is 1.42. The van der Waals surface area contributed by atoms with Crippen molar-refractivity contribution in [3.63, 3.8) is 0 Å². The van der Waals surface area contributed by atoms with Gasteiger partial charge in [-0.2, -0.15) is 0 Å². The lowest BCUT2D eigenvalue weighted by Gasteiger charge is -2.17. The van der Waals surface area contributed by atoms with Gasteiger partial charge in [0.05, 0.1) is 11.7 Å². The fraction of sp³-hybridized carbons (Fsp3) is 0.269. The monoisotopic (exact) mass is 445 g/mol. The van der Waals surface area contributed by atoms with Gasteiger partial charge in [0.25, 0.3) is 5.56 Å². The Balaban J connectivity index is 1.70. The summed E-state index contributed by atoms with van der Waals surface area (Å²) in [7, 11) is 0. The van der Waals surface area contributed by atoms with E-state index in [-0.39, 0.29) is 11.5 Å². The van der Waals surface area contributed by atoms with Crippen LogP contribution in [0.4, 0.5) is 5.69 Å². The van der Waals surface area contributed by atoms with Crippen LogP contribution in [-0.4, -0.2) is 15.5 Å². The number of aryl methyl sites for hydroxylation is 1. The van der Waals surface area contributed by atoms with Crippen LogP contribution in [0.1, 0.15) is 49.4 Å². The van der Waals surface area contributed by atoms with E-state index in [0.717, 1.165) is 27.9 Å². The Hall–Kier alpha value is -3.25. The molecule has 4 rings (SSSR count). The van der Waals surface area contributed by atoms with Crippen LogP contribution in [0.2, 0.25) is 0 Å². The second-order valence-corrected chi connectivity index (χ2v) is 9.33. The molecule has 0 fully saturated rings. The number of hydrogen-bond donors (Lipinski definition) is 1. The molecule has 6 heteroatoms. The van der Waals surface area contributed by atoms with Crippen LogP contribution in [0.25, 0.3) is 21.3 Å². The minimum atomic E-state index is -0.699. The molecular formula is C26H27N3O2S. The van der Waals surface area contributed by atoms with E-state index in [1.165, 1.54) is 27.8 Å². The van der Waals surface area contributed by atoms with Crippen LogP contribution in [0.15, 0.2) is 59.0 Å². The third-order valence-electron chi connectivity index (χ3n) is 6.07. The first-order chi connectivity index (χ1) is 15.3. The number of amides is 1. The fourth-order valence-electron chi connectivity index (χ4n) is 3.73. The highest BCUT2D eigenvalue weighted by Crippen LogP contribution is 2.32. The van der Waals surface area contributed by atoms with Crippen LogP contribution in [0.5, 0.6) is 0 Å². The van der Waals surface area contributed by atoms with Gasteiger partial charge in [-0.05, 0) is 55.0 Å². The molecular weight excluding hydrogens is 418 g/mol. The highest BCUT2D eigenvalue weighted by atomic mass is 32.1. The van der Waals surface area contributed by atoms with E-state index < -0.39 is 6.04 Å². The first-order valence-corrected chi connectivity index (χ1v) is 11.6. The first-order valence-electron chi connectivity index (χ1n) is 10.7. The minimum absolute atomic E-state index is 0.206. The maximum atomic E-state index is 13.4. The summed E-state index contributed by atoms with van der Waals surface area (Å²) in [4.78, 5) is 31.5. The van der Waals surface area contributed by atoms with Crippen molar-refractivity contribution in [2.24, 2.45) is 0 Å². The molecule has 0 aliphatic carbocycles. The SMILES string of the molecule is Cc1cccc(NC(=O)C(C)n2cnc3scc(-c4ccc(C(C)C)cc4)c3c2=O)c1C. The van der Waals surface area contributed by atoms with E-state index in [2.05, 4.69) is 36.3 Å². The first kappa shape index (κ1) is 22.0. The number of nitrogens with zero attached hydrogens (tertiary/aromatic N) is 2. The van der Waals surface area contributed by atoms with Crippen LogP contribution < -0.4 is 10.9 Å². The number of nitrogens with one attached hydrogen (secondary N) is 1. The van der Waals surface area contributed by atoms with Crippen molar-refractivity contribution < 1.29 is 4.79 Å². The summed E-state index contributed by atoms with van der Waals surface area (Å²) in [6.45, 7) is 10.0. The van der Waals surface area contributed by atoms with Crippen molar-refractivity contribution in [2.75, 3.05) is 5.32 Å². The van der Waals surface area contributed by atoms with E-state index in [1.807, 2.05) is 49.6 Å². The molecule has 164 valence electrons. The Kier molecular flexibility index (Phi) is 5.98. The van der Waals surface area contributed by atoms with Gasteiger partial charge in [-0.25, -0.2) is 4.98 Å². The molecule has 1 unspecified atom stereocenters. The van der Waals surface area contributed by atoms with Crippen molar-refractivity contribution >= 4 is 33.1 Å². The van der Waals surface area contributed by atoms with Gasteiger partial charge in [0.1, 0.15) is 10.9 Å². The standard InChI is InChI=1S/C26H27N3O2S/c1-15(2)19-9-11-20(12-10-19)21-13-32-25-23(21)26(31)29(14-27-25)18(5)24(30)28-22-8-6-7-16(3)17(22)4/h6-15,18H,1-5H3,(H,28,30). The predicted molar refractivity (Wildman–Crippen MR) is 133 cm³/mol. The number of rotatable bonds is 5. The lowest BCUT2D eigenvalue weighted by atomic mass is 9.99. The summed E-state index contributed by atoms with van der Waals surface area (Å²) in [5.41, 5.74) is 5.74. The second kappa shape index (κ2) is 8.71. The average molecular weight is 446 g/mol. The Morgan fingerprint density at radius 2 is 1.78 bits per heavy atom. The molecule has 0 aliphatic heterocycles. The molecule has 0 radical (unpaired) electrons. The zero-order chi connectivity index (χ0) is 23.0. The maximum Gasteiger partial charge on any atom is 0.263 e. The van der Waals surface area contributed by atoms with Crippen LogP contribution in [0.3, 0.4) is 0 Å². The molecule has 0 aliphatic rings. The van der Waals surface area contributed by atoms with Crippen molar-refractivity contribution in [2.45, 2.75) is 46.6 Å². The topological polar surface area (TPSA) is 64.0 Å². The van der Waals surface area contributed by atoms with E-state index >= 15 is 0 Å². The quantitative estimate of drug-likeness (QED) is 0.406. The van der Waals surface area contributed by atoms with E-state index in [0.29, 0.717) is 16.1 Å². The Morgan fingerprint density at radius 3 is 2.47 bits per heavy atom. The van der Waals surface area contributed by atoms with Crippen molar-refractivity contribution in [1.29, 1.82) is 0 Å². The van der Waals surface area contributed by atoms with Crippen molar-refractivity contribution in [1.82, 2.24) is 9.55 Å². The van der Waals surface area contributed by atoms with E-state index in [1.54, 1.807) is 6.92 Å². The smallest absolute Gasteiger partial charge is 0.263 e. The van der Waals surface area contributed by atoms with E-state index in [4.69, 9.17) is 0 Å². The lowest BCUT2D eigenvalue weighted by molar-refractivity contribution is -0.118. The van der Waals surface area contributed by atoms with Gasteiger partial charge >= 0.3 is 0 Å². The molecule has 0 saturated carbocycles. The number of fused-ring (bicyclic) bond motifs is 1. The Bertz CT molecular complexity index is 1350. The Labute approximate surface area is 191 Å². The molecule has 1 N–H and O–H groups in total. The normalized spacial score (nSPS) is 12.3. The highest BCUT2D eigenvalue weighted by molar-refractivity contribution is 7.17. The number of carbonyl (C=O) groups excluding carboxylic acids is 1. The zero-order valence-corrected chi connectivity index (χ0v) is 19.8. The molecule has 2 heterocycles. The third kappa shape index (κ3) is 3.98. The van der Waals surface area contributed by atoms with Crippen LogP contribution in [0, 0.1) is 13.8 Å². The number of benzene rings is 2. The van der Waals surface area contributed by atoms with E-state index in [9.17, 15) is 9.59 Å². The van der Waals surface area contributed by atoms with Crippen molar-refractivity contribution in [3.8, 4) is 11.1 Å². The van der Waals surface area contributed by atoms with Gasteiger partial charge in [0.2, 0.25) is 5.91 Å². The molecule has 2 aromatic heterocycles. The Morgan fingerprint density at radius 1 is 1.06 bits per heavy atom. The number of aromatic nitrogens is 2. The summed E-state index contributed by atoms with van der Waals surface area (Å²) in [6, 6.07) is 13.4. The lowest BCUT2D eigenvalue weighted by Crippen LogP contribution is -2.32. The molecule has 1 amide bonds. The van der Waals surface area contributed by atoms with Crippen molar-refractivity contribution in [3.05, 3.63) is 81.2 Å². The molecule has 0 spiro atoms. The maximum absolute atomic E-state index is 13.4. The molecule has 2 aromatic carbocycles. The van der Waals surface area contributed by atoms with Crippen LogP contribution in [-0.2, 0) is 4.79 Å². The molecule has 0 saturated heterocycles. The van der Waals surface area contributed by atoms with Gasteiger partial charge in [0.15, 0.2) is 0 Å². The highest BCUT2D eigenvalue weighted by Gasteiger charge is 2.21. The largest absolute Gasteiger partial charge is 0.324 e. The molecule has 4 aromatic rings. The van der Waals surface area contributed by atoms with Gasteiger partial charge < -0.3 is 5.32 Å². The fourth-order valence-corrected chi connectivity index (χ4v) is 4.64. The van der Waals surface area contributed by atoms with Gasteiger partial charge in [-0.1, -0.05) is 50.2 Å². The molecule has 1 atom stereocenters. The molecule has 32 heavy (non-hydrogen) atoms.